The van der Waals surface area contributed by atoms with Gasteiger partial charge in [0.15, 0.2) is 0 Å². The lowest BCUT2D eigenvalue weighted by atomic mass is 10.0. The number of aromatic nitrogens is 1. The van der Waals surface area contributed by atoms with Crippen LogP contribution in [-0.2, 0) is 4.74 Å². The molecule has 0 saturated carbocycles. The second-order valence-electron chi connectivity index (χ2n) is 4.78. The number of benzene rings is 2. The smallest absolute Gasteiger partial charge is 0.375 e. The van der Waals surface area contributed by atoms with Gasteiger partial charge in [-0.25, -0.2) is 9.78 Å². The van der Waals surface area contributed by atoms with Crippen LogP contribution in [-0.4, -0.2) is 18.1 Å². The van der Waals surface area contributed by atoms with E-state index in [1.165, 1.54) is 7.11 Å². The molecular formula is C17H12N2O3. The first-order valence-corrected chi connectivity index (χ1v) is 6.63. The zero-order chi connectivity index (χ0) is 15.7. The van der Waals surface area contributed by atoms with E-state index in [-0.39, 0.29) is 5.76 Å². The summed E-state index contributed by atoms with van der Waals surface area (Å²) in [6.45, 7) is 1.67. The van der Waals surface area contributed by atoms with Gasteiger partial charge in [-0.3, -0.25) is 0 Å². The zero-order valence-corrected chi connectivity index (χ0v) is 12.1. The van der Waals surface area contributed by atoms with E-state index in [1.54, 1.807) is 13.0 Å². The van der Waals surface area contributed by atoms with Crippen molar-refractivity contribution in [2.24, 2.45) is 0 Å². The third-order valence-corrected chi connectivity index (χ3v) is 3.40. The molecule has 3 aromatic rings. The number of nitrogens with zero attached hydrogens (tertiary/aromatic N) is 2. The maximum absolute atomic E-state index is 11.6. The van der Waals surface area contributed by atoms with Crippen LogP contribution in [0.1, 0.15) is 21.8 Å². The van der Waals surface area contributed by atoms with E-state index < -0.39 is 5.97 Å². The van der Waals surface area contributed by atoms with E-state index in [0.717, 1.165) is 10.8 Å². The van der Waals surface area contributed by atoms with Gasteiger partial charge in [0.1, 0.15) is 0 Å². The molecule has 5 heteroatoms. The van der Waals surface area contributed by atoms with Crippen LogP contribution < -0.4 is 0 Å². The molecule has 0 aliphatic carbocycles. The highest BCUT2D eigenvalue weighted by Crippen LogP contribution is 2.28. The molecule has 0 N–H and O–H groups in total. The Balaban J connectivity index is 2.19. The number of carbonyl (C=O) groups excluding carboxylic acids is 1. The number of methoxy groups -OCH3 is 1. The molecule has 108 valence electrons. The van der Waals surface area contributed by atoms with Crippen molar-refractivity contribution in [2.75, 3.05) is 7.11 Å². The molecule has 5 nitrogen and oxygen atoms in total. The van der Waals surface area contributed by atoms with Crippen molar-refractivity contribution in [3.63, 3.8) is 0 Å². The molecular weight excluding hydrogens is 280 g/mol. The van der Waals surface area contributed by atoms with Crippen LogP contribution in [0, 0.1) is 18.3 Å². The Morgan fingerprint density at radius 2 is 2.09 bits per heavy atom. The molecule has 2 aromatic carbocycles. The summed E-state index contributed by atoms with van der Waals surface area (Å²) in [4.78, 5) is 15.9. The summed E-state index contributed by atoms with van der Waals surface area (Å²) in [6, 6.07) is 13.3. The minimum absolute atomic E-state index is 0.0733. The summed E-state index contributed by atoms with van der Waals surface area (Å²) in [5.41, 5.74) is 1.63. The van der Waals surface area contributed by atoms with Crippen LogP contribution >= 0.6 is 0 Å². The van der Waals surface area contributed by atoms with Crippen LogP contribution in [0.3, 0.4) is 0 Å². The predicted molar refractivity (Wildman–Crippen MR) is 80.2 cm³/mol. The Bertz CT molecular complexity index is 919. The van der Waals surface area contributed by atoms with E-state index in [2.05, 4.69) is 15.8 Å². The monoisotopic (exact) mass is 292 g/mol. The van der Waals surface area contributed by atoms with Crippen molar-refractivity contribution >= 4 is 16.7 Å². The van der Waals surface area contributed by atoms with Gasteiger partial charge in [0.2, 0.25) is 11.7 Å². The van der Waals surface area contributed by atoms with Crippen molar-refractivity contribution in [2.45, 2.75) is 6.92 Å². The first-order chi connectivity index (χ1) is 10.6. The number of oxazole rings is 1. The van der Waals surface area contributed by atoms with Crippen LogP contribution in [0.25, 0.3) is 22.2 Å². The number of hydrogen-bond acceptors (Lipinski definition) is 5. The lowest BCUT2D eigenvalue weighted by molar-refractivity contribution is 0.0565. The third-order valence-electron chi connectivity index (χ3n) is 3.40. The van der Waals surface area contributed by atoms with Gasteiger partial charge in [-0.1, -0.05) is 24.3 Å². The first kappa shape index (κ1) is 13.8. The maximum Gasteiger partial charge on any atom is 0.375 e. The summed E-state index contributed by atoms with van der Waals surface area (Å²) in [5, 5.41) is 11.1. The summed E-state index contributed by atoms with van der Waals surface area (Å²) >= 11 is 0. The normalized spacial score (nSPS) is 10.4. The summed E-state index contributed by atoms with van der Waals surface area (Å²) in [7, 11) is 1.29. The molecule has 0 fully saturated rings. The molecule has 0 unspecified atom stereocenters. The molecule has 0 amide bonds. The molecule has 0 aliphatic rings. The minimum Gasteiger partial charge on any atom is -0.463 e. The topological polar surface area (TPSA) is 76.1 Å². The molecule has 0 aliphatic heterocycles. The third kappa shape index (κ3) is 2.21. The fourth-order valence-corrected chi connectivity index (χ4v) is 2.33. The van der Waals surface area contributed by atoms with Gasteiger partial charge in [-0.15, -0.1) is 0 Å². The molecule has 1 heterocycles. The highest BCUT2D eigenvalue weighted by molar-refractivity contribution is 5.92. The molecule has 3 rings (SSSR count). The number of fused-ring (bicyclic) bond motifs is 1. The summed E-state index contributed by atoms with van der Waals surface area (Å²) in [6.07, 6.45) is 0. The van der Waals surface area contributed by atoms with E-state index in [4.69, 9.17) is 4.42 Å². The summed E-state index contributed by atoms with van der Waals surface area (Å²) in [5.74, 6) is -0.207. The van der Waals surface area contributed by atoms with Crippen molar-refractivity contribution in [1.82, 2.24) is 4.98 Å². The number of carbonyl (C=O) groups is 1. The van der Waals surface area contributed by atoms with Crippen molar-refractivity contribution in [3.05, 3.63) is 53.4 Å². The predicted octanol–water partition coefficient (Wildman–Crippen LogP) is 3.46. The molecule has 0 saturated heterocycles. The highest BCUT2D eigenvalue weighted by atomic mass is 16.5. The minimum atomic E-state index is -0.572. The standard InChI is InChI=1S/C17H12N2O3/c1-10-15(17(20)21-2)22-16(19-10)12-7-11-5-3-4-6-14(11)13(8-12)9-18/h3-8H,1-2H3. The van der Waals surface area contributed by atoms with E-state index in [0.29, 0.717) is 22.7 Å². The van der Waals surface area contributed by atoms with Gasteiger partial charge in [0.05, 0.1) is 24.4 Å². The molecule has 0 spiro atoms. The van der Waals surface area contributed by atoms with Gasteiger partial charge in [0.25, 0.3) is 0 Å². The zero-order valence-electron chi connectivity index (χ0n) is 12.1. The van der Waals surface area contributed by atoms with E-state index >= 15 is 0 Å². The number of esters is 1. The Labute approximate surface area is 126 Å². The van der Waals surface area contributed by atoms with Crippen LogP contribution in [0.4, 0.5) is 0 Å². The molecule has 22 heavy (non-hydrogen) atoms. The molecule has 0 radical (unpaired) electrons. The number of hydrogen-bond donors (Lipinski definition) is 0. The average Bonchev–Trinajstić information content (AvgIpc) is 2.95. The van der Waals surface area contributed by atoms with Gasteiger partial charge >= 0.3 is 5.97 Å². The molecule has 1 aromatic heterocycles. The van der Waals surface area contributed by atoms with Crippen molar-refractivity contribution < 1.29 is 13.9 Å². The molecule has 0 atom stereocenters. The Morgan fingerprint density at radius 3 is 2.82 bits per heavy atom. The second-order valence-corrected chi connectivity index (χ2v) is 4.78. The van der Waals surface area contributed by atoms with Gasteiger partial charge in [-0.2, -0.15) is 5.26 Å². The average molecular weight is 292 g/mol. The first-order valence-electron chi connectivity index (χ1n) is 6.63. The van der Waals surface area contributed by atoms with Crippen LogP contribution in [0.15, 0.2) is 40.8 Å². The van der Waals surface area contributed by atoms with E-state index in [1.807, 2.05) is 30.3 Å². The van der Waals surface area contributed by atoms with Crippen LogP contribution in [0.5, 0.6) is 0 Å². The van der Waals surface area contributed by atoms with Crippen molar-refractivity contribution in [1.29, 1.82) is 5.26 Å². The van der Waals surface area contributed by atoms with Crippen molar-refractivity contribution in [3.8, 4) is 17.5 Å². The summed E-state index contributed by atoms with van der Waals surface area (Å²) < 4.78 is 10.2. The lowest BCUT2D eigenvalue weighted by Gasteiger charge is -2.03. The largest absolute Gasteiger partial charge is 0.463 e. The lowest BCUT2D eigenvalue weighted by Crippen LogP contribution is -2.00. The van der Waals surface area contributed by atoms with E-state index in [9.17, 15) is 10.1 Å². The SMILES string of the molecule is COC(=O)c1oc(-c2cc(C#N)c3ccccc3c2)nc1C. The Kier molecular flexibility index (Phi) is 3.36. The van der Waals surface area contributed by atoms with Gasteiger partial charge < -0.3 is 9.15 Å². The fraction of sp³-hybridized carbons (Fsp3) is 0.118. The fourth-order valence-electron chi connectivity index (χ4n) is 2.33. The Morgan fingerprint density at radius 1 is 1.32 bits per heavy atom. The highest BCUT2D eigenvalue weighted by Gasteiger charge is 2.19. The molecule has 0 bridgehead atoms. The number of rotatable bonds is 2. The van der Waals surface area contributed by atoms with Crippen LogP contribution in [0.2, 0.25) is 0 Å². The Hall–Kier alpha value is -3.13. The number of ether oxygens (including phenoxy) is 1. The van der Waals surface area contributed by atoms with Gasteiger partial charge in [0, 0.05) is 5.56 Å². The number of aryl methyl sites for hydroxylation is 1. The quantitative estimate of drug-likeness (QED) is 0.676. The number of nitriles is 1. The second kappa shape index (κ2) is 5.34. The maximum atomic E-state index is 11.6. The van der Waals surface area contributed by atoms with Gasteiger partial charge in [-0.05, 0) is 29.8 Å².